The van der Waals surface area contributed by atoms with Gasteiger partial charge in [0, 0.05) is 43.4 Å². The van der Waals surface area contributed by atoms with E-state index in [9.17, 15) is 4.79 Å². The summed E-state index contributed by atoms with van der Waals surface area (Å²) in [5.74, 6) is 0.775. The van der Waals surface area contributed by atoms with Crippen LogP contribution in [0.15, 0.2) is 24.3 Å². The van der Waals surface area contributed by atoms with E-state index in [-0.39, 0.29) is 5.91 Å². The van der Waals surface area contributed by atoms with Gasteiger partial charge in [0.1, 0.15) is 0 Å². The fourth-order valence-corrected chi connectivity index (χ4v) is 4.77. The van der Waals surface area contributed by atoms with Gasteiger partial charge in [0.25, 0.3) is 5.91 Å². The zero-order chi connectivity index (χ0) is 21.1. The molecule has 0 unspecified atom stereocenters. The summed E-state index contributed by atoms with van der Waals surface area (Å²) in [6.45, 7) is 11.0. The highest BCUT2D eigenvalue weighted by Gasteiger charge is 2.28. The molecule has 2 fully saturated rings. The molecule has 4 rings (SSSR count). The zero-order valence-corrected chi connectivity index (χ0v) is 18.7. The summed E-state index contributed by atoms with van der Waals surface area (Å²) >= 11 is 6.31. The summed E-state index contributed by atoms with van der Waals surface area (Å²) in [7, 11) is 0. The SMILES string of the molecule is Cc1nn(Cc2ccccc2Cl)c(C)c1C(=O)N1CCC(CN2CCOCC2)CC1. The third-order valence-electron chi connectivity index (χ3n) is 6.40. The second-order valence-electron chi connectivity index (χ2n) is 8.44. The van der Waals surface area contributed by atoms with Crippen molar-refractivity contribution < 1.29 is 9.53 Å². The first-order valence-electron chi connectivity index (χ1n) is 10.9. The summed E-state index contributed by atoms with van der Waals surface area (Å²) in [5, 5.41) is 5.37. The number of piperidine rings is 1. The van der Waals surface area contributed by atoms with Gasteiger partial charge in [-0.05, 0) is 44.2 Å². The molecule has 30 heavy (non-hydrogen) atoms. The first-order chi connectivity index (χ1) is 14.5. The highest BCUT2D eigenvalue weighted by atomic mass is 35.5. The van der Waals surface area contributed by atoms with E-state index in [1.165, 1.54) is 0 Å². The van der Waals surface area contributed by atoms with Crippen LogP contribution in [0, 0.1) is 19.8 Å². The minimum absolute atomic E-state index is 0.111. The Morgan fingerprint density at radius 1 is 1.13 bits per heavy atom. The molecule has 0 spiro atoms. The molecule has 3 heterocycles. The average Bonchev–Trinajstić information content (AvgIpc) is 3.03. The standard InChI is InChI=1S/C23H31ClN4O2/c1-17-22(18(2)28(25-17)16-20-5-3-4-6-21(20)24)23(29)27-9-7-19(8-10-27)15-26-11-13-30-14-12-26/h3-6,19H,7-16H2,1-2H3. The van der Waals surface area contributed by atoms with Gasteiger partial charge in [0.05, 0.1) is 31.0 Å². The van der Waals surface area contributed by atoms with Crippen LogP contribution in [0.3, 0.4) is 0 Å². The maximum Gasteiger partial charge on any atom is 0.257 e. The lowest BCUT2D eigenvalue weighted by Gasteiger charge is -2.36. The van der Waals surface area contributed by atoms with Crippen LogP contribution in [-0.2, 0) is 11.3 Å². The van der Waals surface area contributed by atoms with Gasteiger partial charge in [-0.15, -0.1) is 0 Å². The monoisotopic (exact) mass is 430 g/mol. The summed E-state index contributed by atoms with van der Waals surface area (Å²) in [6, 6.07) is 7.78. The number of carbonyl (C=O) groups excluding carboxylic acids is 1. The topological polar surface area (TPSA) is 50.6 Å². The van der Waals surface area contributed by atoms with Crippen LogP contribution < -0.4 is 0 Å². The summed E-state index contributed by atoms with van der Waals surface area (Å²) in [4.78, 5) is 17.8. The lowest BCUT2D eigenvalue weighted by Crippen LogP contribution is -2.44. The van der Waals surface area contributed by atoms with Gasteiger partial charge in [0.2, 0.25) is 0 Å². The second-order valence-corrected chi connectivity index (χ2v) is 8.85. The molecule has 7 heteroatoms. The van der Waals surface area contributed by atoms with Crippen molar-refractivity contribution in [1.29, 1.82) is 0 Å². The highest BCUT2D eigenvalue weighted by molar-refractivity contribution is 6.31. The molecule has 0 saturated carbocycles. The van der Waals surface area contributed by atoms with Gasteiger partial charge in [-0.1, -0.05) is 29.8 Å². The van der Waals surface area contributed by atoms with Crippen LogP contribution in [0.1, 0.15) is 40.2 Å². The van der Waals surface area contributed by atoms with E-state index in [1.54, 1.807) is 0 Å². The minimum Gasteiger partial charge on any atom is -0.379 e. The normalized spacial score (nSPS) is 18.7. The number of nitrogens with zero attached hydrogens (tertiary/aromatic N) is 4. The molecule has 6 nitrogen and oxygen atoms in total. The predicted octanol–water partition coefficient (Wildman–Crippen LogP) is 3.39. The van der Waals surface area contributed by atoms with Gasteiger partial charge in [-0.3, -0.25) is 14.4 Å². The summed E-state index contributed by atoms with van der Waals surface area (Å²) in [5.41, 5.74) is 3.45. The van der Waals surface area contributed by atoms with Gasteiger partial charge in [-0.25, -0.2) is 0 Å². The average molecular weight is 431 g/mol. The van der Waals surface area contributed by atoms with Crippen molar-refractivity contribution in [2.75, 3.05) is 45.9 Å². The Bertz CT molecular complexity index is 883. The van der Waals surface area contributed by atoms with Crippen LogP contribution in [0.2, 0.25) is 5.02 Å². The van der Waals surface area contributed by atoms with E-state index < -0.39 is 0 Å². The molecular weight excluding hydrogens is 400 g/mol. The largest absolute Gasteiger partial charge is 0.379 e. The number of benzene rings is 1. The van der Waals surface area contributed by atoms with Crippen molar-refractivity contribution in [3.63, 3.8) is 0 Å². The Hall–Kier alpha value is -1.89. The maximum atomic E-state index is 13.3. The zero-order valence-electron chi connectivity index (χ0n) is 17.9. The van der Waals surface area contributed by atoms with Gasteiger partial charge >= 0.3 is 0 Å². The number of likely N-dealkylation sites (tertiary alicyclic amines) is 1. The predicted molar refractivity (Wildman–Crippen MR) is 118 cm³/mol. The molecule has 2 aliphatic rings. The number of morpholine rings is 1. The molecule has 1 aromatic carbocycles. The van der Waals surface area contributed by atoms with E-state index in [0.29, 0.717) is 12.5 Å². The molecule has 0 atom stereocenters. The Morgan fingerprint density at radius 3 is 2.53 bits per heavy atom. The van der Waals surface area contributed by atoms with E-state index in [4.69, 9.17) is 16.3 Å². The molecule has 2 aliphatic heterocycles. The Labute approximate surface area is 183 Å². The van der Waals surface area contributed by atoms with Crippen LogP contribution in [0.5, 0.6) is 0 Å². The number of rotatable bonds is 5. The number of ether oxygens (including phenoxy) is 1. The van der Waals surface area contributed by atoms with Gasteiger partial charge in [0.15, 0.2) is 0 Å². The Morgan fingerprint density at radius 2 is 1.83 bits per heavy atom. The molecule has 0 N–H and O–H groups in total. The van der Waals surface area contributed by atoms with E-state index in [2.05, 4.69) is 10.00 Å². The fourth-order valence-electron chi connectivity index (χ4n) is 4.57. The van der Waals surface area contributed by atoms with Crippen molar-refractivity contribution in [1.82, 2.24) is 19.6 Å². The summed E-state index contributed by atoms with van der Waals surface area (Å²) < 4.78 is 7.34. The van der Waals surface area contributed by atoms with Gasteiger partial charge < -0.3 is 9.64 Å². The Kier molecular flexibility index (Phi) is 6.76. The first kappa shape index (κ1) is 21.3. The quantitative estimate of drug-likeness (QED) is 0.729. The highest BCUT2D eigenvalue weighted by Crippen LogP contribution is 2.24. The molecule has 0 aliphatic carbocycles. The van der Waals surface area contributed by atoms with Gasteiger partial charge in [-0.2, -0.15) is 5.10 Å². The van der Waals surface area contributed by atoms with E-state index in [0.717, 1.165) is 86.3 Å². The fraction of sp³-hybridized carbons (Fsp3) is 0.565. The molecular formula is C23H31ClN4O2. The van der Waals surface area contributed by atoms with Crippen molar-refractivity contribution in [2.45, 2.75) is 33.2 Å². The smallest absolute Gasteiger partial charge is 0.257 e. The van der Waals surface area contributed by atoms with Crippen LogP contribution >= 0.6 is 11.6 Å². The number of amides is 1. The number of carbonyl (C=O) groups is 1. The van der Waals surface area contributed by atoms with Crippen molar-refractivity contribution in [3.8, 4) is 0 Å². The molecule has 0 bridgehead atoms. The first-order valence-corrected chi connectivity index (χ1v) is 11.3. The molecule has 1 amide bonds. The summed E-state index contributed by atoms with van der Waals surface area (Å²) in [6.07, 6.45) is 2.13. The van der Waals surface area contributed by atoms with Crippen molar-refractivity contribution in [3.05, 3.63) is 51.8 Å². The van der Waals surface area contributed by atoms with Crippen molar-refractivity contribution >= 4 is 17.5 Å². The molecule has 2 aromatic rings. The minimum atomic E-state index is 0.111. The van der Waals surface area contributed by atoms with Crippen LogP contribution in [-0.4, -0.2) is 71.4 Å². The maximum absolute atomic E-state index is 13.3. The number of halogens is 1. The lowest BCUT2D eigenvalue weighted by atomic mass is 9.95. The molecule has 2 saturated heterocycles. The van der Waals surface area contributed by atoms with Crippen molar-refractivity contribution in [2.24, 2.45) is 5.92 Å². The number of hydrogen-bond donors (Lipinski definition) is 0. The third-order valence-corrected chi connectivity index (χ3v) is 6.76. The molecule has 1 aromatic heterocycles. The number of aromatic nitrogens is 2. The van der Waals surface area contributed by atoms with Crippen LogP contribution in [0.4, 0.5) is 0 Å². The number of aryl methyl sites for hydroxylation is 1. The molecule has 162 valence electrons. The third kappa shape index (κ3) is 4.71. The number of hydrogen-bond acceptors (Lipinski definition) is 4. The second kappa shape index (κ2) is 9.50. The molecule has 0 radical (unpaired) electrons. The Balaban J connectivity index is 1.39. The van der Waals surface area contributed by atoms with Crippen LogP contribution in [0.25, 0.3) is 0 Å². The van der Waals surface area contributed by atoms with E-state index in [1.807, 2.05) is 47.7 Å². The van der Waals surface area contributed by atoms with E-state index >= 15 is 0 Å². The lowest BCUT2D eigenvalue weighted by molar-refractivity contribution is 0.0242.